The van der Waals surface area contributed by atoms with Gasteiger partial charge in [-0.3, -0.25) is 4.98 Å². The van der Waals surface area contributed by atoms with E-state index in [1.807, 2.05) is 20.8 Å². The van der Waals surface area contributed by atoms with Gasteiger partial charge in [0.05, 0.1) is 5.69 Å². The van der Waals surface area contributed by atoms with E-state index >= 15 is 0 Å². The summed E-state index contributed by atoms with van der Waals surface area (Å²) >= 11 is 0. The number of aryl methyl sites for hydroxylation is 1. The van der Waals surface area contributed by atoms with Gasteiger partial charge in [-0.25, -0.2) is 4.39 Å². The highest BCUT2D eigenvalue weighted by Crippen LogP contribution is 2.15. The van der Waals surface area contributed by atoms with Crippen LogP contribution in [0.25, 0.3) is 0 Å². The normalized spacial score (nSPS) is 10.6. The lowest BCUT2D eigenvalue weighted by Crippen LogP contribution is -1.98. The van der Waals surface area contributed by atoms with Gasteiger partial charge in [-0.15, -0.1) is 0 Å². The third-order valence-corrected chi connectivity index (χ3v) is 1.56. The van der Waals surface area contributed by atoms with E-state index in [0.29, 0.717) is 5.69 Å². The van der Waals surface area contributed by atoms with Gasteiger partial charge in [-0.05, 0) is 25.0 Å². The highest BCUT2D eigenvalue weighted by molar-refractivity contribution is 5.14. The van der Waals surface area contributed by atoms with Crippen molar-refractivity contribution in [1.82, 2.24) is 4.98 Å². The topological polar surface area (TPSA) is 12.9 Å². The predicted molar refractivity (Wildman–Crippen MR) is 43.0 cm³/mol. The van der Waals surface area contributed by atoms with E-state index < -0.39 is 0 Å². The molecule has 1 aromatic rings. The van der Waals surface area contributed by atoms with Crippen molar-refractivity contribution in [1.29, 1.82) is 0 Å². The van der Waals surface area contributed by atoms with Gasteiger partial charge in [0.15, 0.2) is 0 Å². The average molecular weight is 153 g/mol. The first kappa shape index (κ1) is 8.18. The molecule has 0 aliphatic heterocycles. The summed E-state index contributed by atoms with van der Waals surface area (Å²) < 4.78 is 13.0. The number of halogens is 1. The molecular formula is C9H12FN. The third-order valence-electron chi connectivity index (χ3n) is 1.56. The standard InChI is InChI=1S/C9H12FN/c1-6(2)9-8(10)5-4-7(3)11-9/h4-6H,1-3H3. The van der Waals surface area contributed by atoms with Crippen molar-refractivity contribution >= 4 is 0 Å². The molecule has 60 valence electrons. The molecule has 0 N–H and O–H groups in total. The van der Waals surface area contributed by atoms with Crippen LogP contribution in [0.3, 0.4) is 0 Å². The minimum Gasteiger partial charge on any atom is -0.255 e. The summed E-state index contributed by atoms with van der Waals surface area (Å²) in [6, 6.07) is 3.15. The molecule has 0 saturated carbocycles. The maximum absolute atomic E-state index is 13.0. The molecule has 0 bridgehead atoms. The van der Waals surface area contributed by atoms with Gasteiger partial charge >= 0.3 is 0 Å². The van der Waals surface area contributed by atoms with Crippen LogP contribution in [0, 0.1) is 12.7 Å². The Balaban J connectivity index is 3.13. The Morgan fingerprint density at radius 2 is 2.00 bits per heavy atom. The van der Waals surface area contributed by atoms with Gasteiger partial charge in [0.25, 0.3) is 0 Å². The Bertz CT molecular complexity index is 256. The van der Waals surface area contributed by atoms with Crippen LogP contribution in [0.15, 0.2) is 12.1 Å². The molecule has 1 heterocycles. The minimum atomic E-state index is -0.203. The van der Waals surface area contributed by atoms with Gasteiger partial charge in [-0.1, -0.05) is 13.8 Å². The van der Waals surface area contributed by atoms with E-state index in [4.69, 9.17) is 0 Å². The van der Waals surface area contributed by atoms with Crippen LogP contribution in [-0.4, -0.2) is 4.98 Å². The van der Waals surface area contributed by atoms with E-state index in [1.165, 1.54) is 6.07 Å². The summed E-state index contributed by atoms with van der Waals surface area (Å²) in [4.78, 5) is 4.10. The summed E-state index contributed by atoms with van der Waals surface area (Å²) in [5, 5.41) is 0. The molecule has 0 fully saturated rings. The number of rotatable bonds is 1. The first-order chi connectivity index (χ1) is 5.11. The number of aromatic nitrogens is 1. The van der Waals surface area contributed by atoms with E-state index in [0.717, 1.165) is 5.69 Å². The number of hydrogen-bond acceptors (Lipinski definition) is 1. The first-order valence-electron chi connectivity index (χ1n) is 3.74. The zero-order valence-corrected chi connectivity index (χ0v) is 7.06. The Labute approximate surface area is 66.3 Å². The zero-order chi connectivity index (χ0) is 8.43. The molecule has 1 nitrogen and oxygen atoms in total. The smallest absolute Gasteiger partial charge is 0.144 e. The Morgan fingerprint density at radius 1 is 1.36 bits per heavy atom. The van der Waals surface area contributed by atoms with Crippen LogP contribution in [0.1, 0.15) is 31.2 Å². The molecule has 0 spiro atoms. The molecular weight excluding hydrogens is 141 g/mol. The van der Waals surface area contributed by atoms with Gasteiger partial charge in [-0.2, -0.15) is 0 Å². The van der Waals surface area contributed by atoms with E-state index in [2.05, 4.69) is 4.98 Å². The second kappa shape index (κ2) is 2.99. The Hall–Kier alpha value is -0.920. The minimum absolute atomic E-state index is 0.162. The molecule has 0 saturated heterocycles. The van der Waals surface area contributed by atoms with Gasteiger partial charge < -0.3 is 0 Å². The molecule has 0 aliphatic carbocycles. The first-order valence-corrected chi connectivity index (χ1v) is 3.74. The SMILES string of the molecule is Cc1ccc(F)c(C(C)C)n1. The number of nitrogens with zero attached hydrogens (tertiary/aromatic N) is 1. The second-order valence-corrected chi connectivity index (χ2v) is 2.97. The molecule has 0 aromatic carbocycles. The largest absolute Gasteiger partial charge is 0.255 e. The van der Waals surface area contributed by atoms with Crippen LogP contribution < -0.4 is 0 Å². The summed E-state index contributed by atoms with van der Waals surface area (Å²) in [6.07, 6.45) is 0. The molecule has 0 radical (unpaired) electrons. The lowest BCUT2D eigenvalue weighted by atomic mass is 10.1. The Kier molecular flexibility index (Phi) is 2.22. The van der Waals surface area contributed by atoms with Crippen molar-refractivity contribution in [2.45, 2.75) is 26.7 Å². The van der Waals surface area contributed by atoms with Crippen molar-refractivity contribution in [3.8, 4) is 0 Å². The highest BCUT2D eigenvalue weighted by Gasteiger charge is 2.06. The second-order valence-electron chi connectivity index (χ2n) is 2.97. The van der Waals surface area contributed by atoms with Crippen LogP contribution in [0.2, 0.25) is 0 Å². The molecule has 1 aromatic heterocycles. The van der Waals surface area contributed by atoms with Crippen molar-refractivity contribution in [2.75, 3.05) is 0 Å². The third kappa shape index (κ3) is 1.76. The lowest BCUT2D eigenvalue weighted by molar-refractivity contribution is 0.583. The molecule has 0 aliphatic rings. The summed E-state index contributed by atoms with van der Waals surface area (Å²) in [5.74, 6) is -0.0412. The molecule has 2 heteroatoms. The molecule has 0 unspecified atom stereocenters. The van der Waals surface area contributed by atoms with E-state index in [9.17, 15) is 4.39 Å². The number of pyridine rings is 1. The highest BCUT2D eigenvalue weighted by atomic mass is 19.1. The molecule has 1 rings (SSSR count). The summed E-state index contributed by atoms with van der Waals surface area (Å²) in [7, 11) is 0. The fraction of sp³-hybridized carbons (Fsp3) is 0.444. The van der Waals surface area contributed by atoms with Gasteiger partial charge in [0.1, 0.15) is 5.82 Å². The van der Waals surface area contributed by atoms with Crippen molar-refractivity contribution < 1.29 is 4.39 Å². The number of hydrogen-bond donors (Lipinski definition) is 0. The zero-order valence-electron chi connectivity index (χ0n) is 7.06. The fourth-order valence-electron chi connectivity index (χ4n) is 0.965. The van der Waals surface area contributed by atoms with Gasteiger partial charge in [0.2, 0.25) is 0 Å². The van der Waals surface area contributed by atoms with Crippen LogP contribution in [0.4, 0.5) is 4.39 Å². The molecule has 11 heavy (non-hydrogen) atoms. The lowest BCUT2D eigenvalue weighted by Gasteiger charge is -2.05. The van der Waals surface area contributed by atoms with Crippen LogP contribution in [0.5, 0.6) is 0 Å². The quantitative estimate of drug-likeness (QED) is 0.604. The van der Waals surface area contributed by atoms with Crippen molar-refractivity contribution in [2.24, 2.45) is 0 Å². The summed E-state index contributed by atoms with van der Waals surface area (Å²) in [6.45, 7) is 5.74. The van der Waals surface area contributed by atoms with Crippen LogP contribution >= 0.6 is 0 Å². The monoisotopic (exact) mass is 153 g/mol. The maximum atomic E-state index is 13.0. The van der Waals surface area contributed by atoms with Gasteiger partial charge in [0, 0.05) is 5.69 Å². The van der Waals surface area contributed by atoms with Crippen molar-refractivity contribution in [3.05, 3.63) is 29.3 Å². The van der Waals surface area contributed by atoms with Crippen LogP contribution in [-0.2, 0) is 0 Å². The predicted octanol–water partition coefficient (Wildman–Crippen LogP) is 2.65. The van der Waals surface area contributed by atoms with E-state index in [-0.39, 0.29) is 11.7 Å². The average Bonchev–Trinajstić information content (AvgIpc) is 1.94. The Morgan fingerprint density at radius 3 is 2.45 bits per heavy atom. The van der Waals surface area contributed by atoms with Crippen molar-refractivity contribution in [3.63, 3.8) is 0 Å². The summed E-state index contributed by atoms with van der Waals surface area (Å²) in [5.41, 5.74) is 1.43. The molecule has 0 atom stereocenters. The molecule has 0 amide bonds. The fourth-order valence-corrected chi connectivity index (χ4v) is 0.965. The van der Waals surface area contributed by atoms with E-state index in [1.54, 1.807) is 6.07 Å². The maximum Gasteiger partial charge on any atom is 0.144 e.